The van der Waals surface area contributed by atoms with Crippen molar-refractivity contribution >= 4 is 11.6 Å². The van der Waals surface area contributed by atoms with Gasteiger partial charge in [0.1, 0.15) is 11.6 Å². The van der Waals surface area contributed by atoms with E-state index in [4.69, 9.17) is 4.74 Å². The van der Waals surface area contributed by atoms with Crippen LogP contribution in [0.5, 0.6) is 11.8 Å². The molecule has 0 aliphatic heterocycles. The zero-order valence-electron chi connectivity index (χ0n) is 15.0. The van der Waals surface area contributed by atoms with E-state index in [1.54, 1.807) is 30.7 Å². The molecule has 0 bridgehead atoms. The van der Waals surface area contributed by atoms with E-state index in [0.29, 0.717) is 17.0 Å². The highest BCUT2D eigenvalue weighted by molar-refractivity contribution is 6.03. The average molecular weight is 372 g/mol. The molecule has 0 spiro atoms. The van der Waals surface area contributed by atoms with Gasteiger partial charge in [-0.1, -0.05) is 0 Å². The molecular formula is C20H16N6O2. The van der Waals surface area contributed by atoms with Gasteiger partial charge in [0.25, 0.3) is 5.91 Å². The van der Waals surface area contributed by atoms with E-state index < -0.39 is 0 Å². The molecule has 28 heavy (non-hydrogen) atoms. The van der Waals surface area contributed by atoms with Gasteiger partial charge in [-0.05, 0) is 43.3 Å². The predicted molar refractivity (Wildman–Crippen MR) is 103 cm³/mol. The maximum Gasteiger partial charge on any atom is 0.321 e. The Morgan fingerprint density at radius 1 is 1.00 bits per heavy atom. The summed E-state index contributed by atoms with van der Waals surface area (Å²) in [5.41, 5.74) is 1.96. The fourth-order valence-corrected chi connectivity index (χ4v) is 2.56. The molecule has 3 aromatic heterocycles. The number of aromatic nitrogens is 5. The van der Waals surface area contributed by atoms with E-state index in [1.807, 2.05) is 42.0 Å². The molecule has 0 fully saturated rings. The number of hydrogen-bond acceptors (Lipinski definition) is 6. The van der Waals surface area contributed by atoms with Crippen molar-refractivity contribution in [1.82, 2.24) is 24.5 Å². The number of imidazole rings is 1. The lowest BCUT2D eigenvalue weighted by Gasteiger charge is -2.08. The number of aryl methyl sites for hydroxylation is 1. The number of anilines is 1. The van der Waals surface area contributed by atoms with Crippen LogP contribution < -0.4 is 10.1 Å². The van der Waals surface area contributed by atoms with Crippen molar-refractivity contribution in [1.29, 1.82) is 0 Å². The van der Waals surface area contributed by atoms with Crippen LogP contribution in [-0.2, 0) is 0 Å². The number of ether oxygens (including phenoxy) is 1. The monoisotopic (exact) mass is 372 g/mol. The highest BCUT2D eigenvalue weighted by Gasteiger charge is 2.09. The van der Waals surface area contributed by atoms with Crippen LogP contribution in [-0.4, -0.2) is 30.4 Å². The SMILES string of the molecule is Cc1nccn1-c1ccc(NC(=O)c2cnc(Oc3cccnc3)nc2)cc1. The molecule has 0 radical (unpaired) electrons. The summed E-state index contributed by atoms with van der Waals surface area (Å²) in [6.07, 6.45) is 9.65. The first-order valence-electron chi connectivity index (χ1n) is 8.51. The minimum atomic E-state index is -0.306. The fraction of sp³-hybridized carbons (Fsp3) is 0.0500. The molecule has 1 amide bonds. The summed E-state index contributed by atoms with van der Waals surface area (Å²) in [6.45, 7) is 1.93. The van der Waals surface area contributed by atoms with Gasteiger partial charge < -0.3 is 14.6 Å². The van der Waals surface area contributed by atoms with E-state index in [2.05, 4.69) is 25.3 Å². The first-order valence-corrected chi connectivity index (χ1v) is 8.51. The van der Waals surface area contributed by atoms with E-state index in [-0.39, 0.29) is 11.9 Å². The van der Waals surface area contributed by atoms with E-state index in [0.717, 1.165) is 11.5 Å². The summed E-state index contributed by atoms with van der Waals surface area (Å²) in [5.74, 6) is 1.11. The zero-order valence-corrected chi connectivity index (χ0v) is 15.0. The molecule has 4 aromatic rings. The van der Waals surface area contributed by atoms with Gasteiger partial charge in [-0.2, -0.15) is 0 Å². The van der Waals surface area contributed by atoms with Crippen LogP contribution in [0.1, 0.15) is 16.2 Å². The van der Waals surface area contributed by atoms with Gasteiger partial charge in [-0.25, -0.2) is 15.0 Å². The summed E-state index contributed by atoms with van der Waals surface area (Å²) in [5, 5.41) is 2.82. The summed E-state index contributed by atoms with van der Waals surface area (Å²) in [4.78, 5) is 28.7. The number of nitrogens with zero attached hydrogens (tertiary/aromatic N) is 5. The van der Waals surface area contributed by atoms with Crippen LogP contribution in [0.25, 0.3) is 5.69 Å². The topological polar surface area (TPSA) is 94.8 Å². The maximum atomic E-state index is 12.4. The molecular weight excluding hydrogens is 356 g/mol. The quantitative estimate of drug-likeness (QED) is 0.577. The second-order valence-corrected chi connectivity index (χ2v) is 5.89. The van der Waals surface area contributed by atoms with Crippen LogP contribution >= 0.6 is 0 Å². The Bertz CT molecular complexity index is 1080. The number of pyridine rings is 1. The molecule has 0 unspecified atom stereocenters. The lowest BCUT2D eigenvalue weighted by Crippen LogP contribution is -2.12. The van der Waals surface area contributed by atoms with Gasteiger partial charge in [-0.3, -0.25) is 9.78 Å². The van der Waals surface area contributed by atoms with Gasteiger partial charge in [-0.15, -0.1) is 0 Å². The van der Waals surface area contributed by atoms with Crippen molar-refractivity contribution in [2.45, 2.75) is 6.92 Å². The Labute approximate surface area is 160 Å². The minimum absolute atomic E-state index is 0.143. The lowest BCUT2D eigenvalue weighted by molar-refractivity contribution is 0.102. The molecule has 0 aliphatic rings. The highest BCUT2D eigenvalue weighted by atomic mass is 16.5. The smallest absolute Gasteiger partial charge is 0.321 e. The van der Waals surface area contributed by atoms with Crippen molar-refractivity contribution in [3.8, 4) is 17.4 Å². The Hall–Kier alpha value is -4.07. The van der Waals surface area contributed by atoms with Crippen molar-refractivity contribution in [3.05, 3.63) is 85.0 Å². The summed E-state index contributed by atoms with van der Waals surface area (Å²) in [7, 11) is 0. The van der Waals surface area contributed by atoms with Crippen LogP contribution in [0, 0.1) is 6.92 Å². The van der Waals surface area contributed by atoms with Crippen LogP contribution in [0.3, 0.4) is 0 Å². The maximum absolute atomic E-state index is 12.4. The first-order chi connectivity index (χ1) is 13.7. The average Bonchev–Trinajstić information content (AvgIpc) is 3.16. The third kappa shape index (κ3) is 3.85. The van der Waals surface area contributed by atoms with Crippen LogP contribution in [0.15, 0.2) is 73.6 Å². The molecule has 1 aromatic carbocycles. The van der Waals surface area contributed by atoms with Crippen molar-refractivity contribution in [2.75, 3.05) is 5.32 Å². The fourth-order valence-electron chi connectivity index (χ4n) is 2.56. The molecule has 0 atom stereocenters. The van der Waals surface area contributed by atoms with Crippen molar-refractivity contribution < 1.29 is 9.53 Å². The molecule has 8 nitrogen and oxygen atoms in total. The van der Waals surface area contributed by atoms with Gasteiger partial charge in [0.2, 0.25) is 0 Å². The third-order valence-corrected chi connectivity index (χ3v) is 3.96. The molecule has 0 saturated carbocycles. The third-order valence-electron chi connectivity index (χ3n) is 3.96. The number of hydrogen-bond donors (Lipinski definition) is 1. The largest absolute Gasteiger partial charge is 0.423 e. The molecule has 3 heterocycles. The van der Waals surface area contributed by atoms with Gasteiger partial charge in [0.05, 0.1) is 11.8 Å². The molecule has 0 saturated heterocycles. The van der Waals surface area contributed by atoms with Gasteiger partial charge in [0, 0.05) is 42.4 Å². The Kier molecular flexibility index (Phi) is 4.75. The molecule has 8 heteroatoms. The number of rotatable bonds is 5. The Balaban J connectivity index is 1.41. The molecule has 1 N–H and O–H groups in total. The van der Waals surface area contributed by atoms with Crippen LogP contribution in [0.2, 0.25) is 0 Å². The predicted octanol–water partition coefficient (Wildman–Crippen LogP) is 3.41. The van der Waals surface area contributed by atoms with Gasteiger partial charge >= 0.3 is 6.01 Å². The van der Waals surface area contributed by atoms with Crippen LogP contribution in [0.4, 0.5) is 5.69 Å². The number of carbonyl (C=O) groups excluding carboxylic acids is 1. The van der Waals surface area contributed by atoms with Crippen molar-refractivity contribution in [3.63, 3.8) is 0 Å². The second kappa shape index (κ2) is 7.67. The summed E-state index contributed by atoms with van der Waals surface area (Å²) < 4.78 is 7.42. The standard InChI is InChI=1S/C20H16N6O2/c1-14-22-9-10-26(14)17-6-4-16(5-7-17)25-19(27)15-11-23-20(24-12-15)28-18-3-2-8-21-13-18/h2-13H,1H3,(H,25,27). The molecule has 4 rings (SSSR count). The molecule has 0 aliphatic carbocycles. The minimum Gasteiger partial charge on any atom is -0.423 e. The normalized spacial score (nSPS) is 10.5. The number of amides is 1. The first kappa shape index (κ1) is 17.3. The summed E-state index contributed by atoms with van der Waals surface area (Å²) in [6, 6.07) is 11.1. The lowest BCUT2D eigenvalue weighted by atomic mass is 10.2. The van der Waals surface area contributed by atoms with Gasteiger partial charge in [0.15, 0.2) is 0 Å². The zero-order chi connectivity index (χ0) is 19.3. The highest BCUT2D eigenvalue weighted by Crippen LogP contribution is 2.17. The Morgan fingerprint density at radius 3 is 2.43 bits per heavy atom. The number of carbonyl (C=O) groups is 1. The van der Waals surface area contributed by atoms with E-state index >= 15 is 0 Å². The van der Waals surface area contributed by atoms with E-state index in [9.17, 15) is 4.79 Å². The van der Waals surface area contributed by atoms with E-state index in [1.165, 1.54) is 12.4 Å². The Morgan fingerprint density at radius 2 is 1.79 bits per heavy atom. The second-order valence-electron chi connectivity index (χ2n) is 5.89. The number of nitrogens with one attached hydrogen (secondary N) is 1. The summed E-state index contributed by atoms with van der Waals surface area (Å²) >= 11 is 0. The number of benzene rings is 1. The van der Waals surface area contributed by atoms with Crippen molar-refractivity contribution in [2.24, 2.45) is 0 Å². The molecule has 138 valence electrons.